The molecule has 22 heavy (non-hydrogen) atoms. The van der Waals surface area contributed by atoms with E-state index in [2.05, 4.69) is 0 Å². The molecule has 0 aliphatic rings. The van der Waals surface area contributed by atoms with Crippen LogP contribution >= 0.6 is 0 Å². The quantitative estimate of drug-likeness (QED) is 0.848. The summed E-state index contributed by atoms with van der Waals surface area (Å²) in [4.78, 5) is 11.9. The molecule has 124 valence electrons. The molecule has 0 aliphatic heterocycles. The van der Waals surface area contributed by atoms with E-state index in [4.69, 9.17) is 15.2 Å². The van der Waals surface area contributed by atoms with Gasteiger partial charge >= 0.3 is 5.97 Å². The lowest BCUT2D eigenvalue weighted by Crippen LogP contribution is -2.36. The molecule has 0 heterocycles. The summed E-state index contributed by atoms with van der Waals surface area (Å²) < 4.78 is 11.0. The fraction of sp³-hybridized carbons (Fsp3) is 0.611. The number of hydrogen-bond donors (Lipinski definition) is 1. The second kappa shape index (κ2) is 7.14. The van der Waals surface area contributed by atoms with Crippen molar-refractivity contribution in [1.82, 2.24) is 0 Å². The molecule has 1 aromatic carbocycles. The van der Waals surface area contributed by atoms with E-state index in [0.717, 1.165) is 11.3 Å². The fourth-order valence-electron chi connectivity index (χ4n) is 1.78. The lowest BCUT2D eigenvalue weighted by molar-refractivity contribution is -0.147. The van der Waals surface area contributed by atoms with Gasteiger partial charge in [-0.1, -0.05) is 32.9 Å². The van der Waals surface area contributed by atoms with E-state index in [-0.39, 0.29) is 17.0 Å². The van der Waals surface area contributed by atoms with Crippen molar-refractivity contribution >= 4 is 5.97 Å². The minimum atomic E-state index is -0.642. The van der Waals surface area contributed by atoms with E-state index in [1.54, 1.807) is 0 Å². The van der Waals surface area contributed by atoms with Gasteiger partial charge in [-0.25, -0.2) is 0 Å². The first-order valence-corrected chi connectivity index (χ1v) is 7.66. The Balaban J connectivity index is 2.54. The molecule has 0 saturated carbocycles. The summed E-state index contributed by atoms with van der Waals surface area (Å²) in [5.41, 5.74) is 6.62. The fourth-order valence-corrected chi connectivity index (χ4v) is 1.78. The number of benzene rings is 1. The average Bonchev–Trinajstić information content (AvgIpc) is 2.35. The molecule has 0 aliphatic carbocycles. The lowest BCUT2D eigenvalue weighted by Gasteiger charge is -2.21. The number of ether oxygens (including phenoxy) is 2. The molecule has 0 saturated heterocycles. The Bertz CT molecular complexity index is 481. The van der Waals surface area contributed by atoms with Gasteiger partial charge in [0.2, 0.25) is 0 Å². The monoisotopic (exact) mass is 307 g/mol. The van der Waals surface area contributed by atoms with E-state index in [1.807, 2.05) is 65.8 Å². The van der Waals surface area contributed by atoms with E-state index < -0.39 is 6.04 Å². The zero-order valence-corrected chi connectivity index (χ0v) is 14.6. The highest BCUT2D eigenvalue weighted by molar-refractivity contribution is 5.75. The van der Waals surface area contributed by atoms with Crippen LogP contribution in [-0.2, 0) is 16.0 Å². The third-order valence-corrected chi connectivity index (χ3v) is 2.75. The first-order valence-electron chi connectivity index (χ1n) is 7.66. The molecular weight excluding hydrogens is 278 g/mol. The maximum absolute atomic E-state index is 11.9. The predicted octanol–water partition coefficient (Wildman–Crippen LogP) is 3.32. The second-order valence-electron chi connectivity index (χ2n) is 7.84. The molecule has 0 aromatic heterocycles. The maximum atomic E-state index is 11.9. The third-order valence-electron chi connectivity index (χ3n) is 2.75. The van der Waals surface area contributed by atoms with Crippen molar-refractivity contribution in [2.24, 2.45) is 11.1 Å². The van der Waals surface area contributed by atoms with Crippen LogP contribution in [0.1, 0.15) is 47.1 Å². The van der Waals surface area contributed by atoms with Gasteiger partial charge in [0, 0.05) is 0 Å². The van der Waals surface area contributed by atoms with Crippen LogP contribution in [0.25, 0.3) is 0 Å². The topological polar surface area (TPSA) is 61.5 Å². The zero-order valence-electron chi connectivity index (χ0n) is 14.6. The molecule has 0 fully saturated rings. The smallest absolute Gasteiger partial charge is 0.323 e. The van der Waals surface area contributed by atoms with E-state index >= 15 is 0 Å². The molecule has 0 spiro atoms. The van der Waals surface area contributed by atoms with Crippen LogP contribution in [0.2, 0.25) is 0 Å². The number of carbonyl (C=O) groups is 1. The molecule has 0 unspecified atom stereocenters. The van der Waals surface area contributed by atoms with Crippen molar-refractivity contribution in [3.05, 3.63) is 29.8 Å². The van der Waals surface area contributed by atoms with Crippen molar-refractivity contribution in [3.63, 3.8) is 0 Å². The Morgan fingerprint density at radius 2 is 1.64 bits per heavy atom. The predicted molar refractivity (Wildman–Crippen MR) is 88.9 cm³/mol. The van der Waals surface area contributed by atoms with E-state index in [1.165, 1.54) is 0 Å². The van der Waals surface area contributed by atoms with Gasteiger partial charge in [0.1, 0.15) is 17.4 Å². The van der Waals surface area contributed by atoms with Gasteiger partial charge in [-0.15, -0.1) is 0 Å². The van der Waals surface area contributed by atoms with Gasteiger partial charge in [-0.05, 0) is 50.3 Å². The number of rotatable bonds is 5. The standard InChI is InChI=1S/C18H29NO3/c1-17(2,3)12-21-16(20)15(19)11-13-7-9-14(10-8-13)22-18(4,5)6/h7-10,15H,11-12,19H2,1-6H3/t15-/m0/s1. The number of hydrogen-bond acceptors (Lipinski definition) is 4. The Hall–Kier alpha value is -1.55. The molecule has 4 nitrogen and oxygen atoms in total. The number of nitrogens with two attached hydrogens (primary N) is 1. The van der Waals surface area contributed by atoms with Gasteiger partial charge < -0.3 is 15.2 Å². The largest absolute Gasteiger partial charge is 0.488 e. The molecule has 0 amide bonds. The molecule has 2 N–H and O–H groups in total. The van der Waals surface area contributed by atoms with Crippen LogP contribution in [0.5, 0.6) is 5.75 Å². The van der Waals surface area contributed by atoms with Gasteiger partial charge in [-0.2, -0.15) is 0 Å². The molecular formula is C18H29NO3. The molecule has 1 aromatic rings. The van der Waals surface area contributed by atoms with Crippen molar-refractivity contribution in [1.29, 1.82) is 0 Å². The van der Waals surface area contributed by atoms with Crippen LogP contribution in [0.15, 0.2) is 24.3 Å². The second-order valence-corrected chi connectivity index (χ2v) is 7.84. The first-order chi connectivity index (χ1) is 9.96. The summed E-state index contributed by atoms with van der Waals surface area (Å²) in [5.74, 6) is 0.449. The molecule has 1 atom stereocenters. The molecule has 1 rings (SSSR count). The summed E-state index contributed by atoms with van der Waals surface area (Å²) in [5, 5.41) is 0. The minimum absolute atomic E-state index is 0.0542. The Morgan fingerprint density at radius 1 is 1.09 bits per heavy atom. The first kappa shape index (κ1) is 18.5. The Morgan fingerprint density at radius 3 is 2.09 bits per heavy atom. The van der Waals surface area contributed by atoms with Gasteiger partial charge in [-0.3, -0.25) is 4.79 Å². The third kappa shape index (κ3) is 7.46. The van der Waals surface area contributed by atoms with Crippen molar-refractivity contribution in [3.8, 4) is 5.75 Å². The molecule has 0 bridgehead atoms. The number of carbonyl (C=O) groups excluding carboxylic acids is 1. The van der Waals surface area contributed by atoms with E-state index in [9.17, 15) is 4.79 Å². The summed E-state index contributed by atoms with van der Waals surface area (Å²) in [6.45, 7) is 12.4. The summed E-state index contributed by atoms with van der Waals surface area (Å²) in [7, 11) is 0. The van der Waals surface area contributed by atoms with Gasteiger partial charge in [0.15, 0.2) is 0 Å². The highest BCUT2D eigenvalue weighted by Gasteiger charge is 2.19. The SMILES string of the molecule is CC(C)(C)COC(=O)[C@@H](N)Cc1ccc(OC(C)(C)C)cc1. The van der Waals surface area contributed by atoms with Crippen molar-refractivity contribution < 1.29 is 14.3 Å². The Labute approximate surface area is 134 Å². The van der Waals surface area contributed by atoms with Crippen LogP contribution in [0.4, 0.5) is 0 Å². The molecule has 0 radical (unpaired) electrons. The summed E-state index contributed by atoms with van der Waals surface area (Å²) in [6.07, 6.45) is 0.457. The summed E-state index contributed by atoms with van der Waals surface area (Å²) in [6, 6.07) is 7.01. The van der Waals surface area contributed by atoms with Gasteiger partial charge in [0.25, 0.3) is 0 Å². The summed E-state index contributed by atoms with van der Waals surface area (Å²) >= 11 is 0. The van der Waals surface area contributed by atoms with Crippen LogP contribution in [0.3, 0.4) is 0 Å². The molecule has 4 heteroatoms. The lowest BCUT2D eigenvalue weighted by atomic mass is 9.98. The van der Waals surface area contributed by atoms with Crippen LogP contribution < -0.4 is 10.5 Å². The minimum Gasteiger partial charge on any atom is -0.488 e. The maximum Gasteiger partial charge on any atom is 0.323 e. The van der Waals surface area contributed by atoms with Crippen LogP contribution in [-0.4, -0.2) is 24.2 Å². The zero-order chi connectivity index (χ0) is 17.0. The number of esters is 1. The van der Waals surface area contributed by atoms with Crippen molar-refractivity contribution in [2.45, 2.75) is 59.6 Å². The van der Waals surface area contributed by atoms with Crippen molar-refractivity contribution in [2.75, 3.05) is 6.61 Å². The highest BCUT2D eigenvalue weighted by atomic mass is 16.5. The van der Waals surface area contributed by atoms with E-state index in [0.29, 0.717) is 13.0 Å². The van der Waals surface area contributed by atoms with Gasteiger partial charge in [0.05, 0.1) is 6.61 Å². The normalized spacial score (nSPS) is 13.6. The average molecular weight is 307 g/mol. The Kier molecular flexibility index (Phi) is 6.00. The highest BCUT2D eigenvalue weighted by Crippen LogP contribution is 2.19. The van der Waals surface area contributed by atoms with Crippen LogP contribution in [0, 0.1) is 5.41 Å².